The first-order valence-electron chi connectivity index (χ1n) is 7.84. The number of hydrogen-bond acceptors (Lipinski definition) is 5. The highest BCUT2D eigenvalue weighted by Gasteiger charge is 2.22. The summed E-state index contributed by atoms with van der Waals surface area (Å²) >= 11 is 0. The number of carbonyl (C=O) groups is 1. The molecule has 1 aliphatic rings. The number of hydrogen-bond donors (Lipinski definition) is 1. The molecule has 2 rings (SSSR count). The van der Waals surface area contributed by atoms with Crippen molar-refractivity contribution >= 4 is 11.5 Å². The van der Waals surface area contributed by atoms with E-state index in [4.69, 9.17) is 0 Å². The smallest absolute Gasteiger partial charge is 0.270 e. The molecule has 1 aliphatic heterocycles. The molecule has 0 saturated carbocycles. The number of Topliss-reactive ketones (excluding diaryl/α,β-unsaturated/α-hetero) is 1. The highest BCUT2D eigenvalue weighted by molar-refractivity contribution is 5.96. The van der Waals surface area contributed by atoms with Gasteiger partial charge in [0.1, 0.15) is 0 Å². The van der Waals surface area contributed by atoms with E-state index in [1.807, 2.05) is 0 Å². The topological polar surface area (TPSA) is 75.5 Å². The summed E-state index contributed by atoms with van der Waals surface area (Å²) < 4.78 is 0. The van der Waals surface area contributed by atoms with E-state index in [0.29, 0.717) is 24.6 Å². The van der Waals surface area contributed by atoms with Crippen molar-refractivity contribution in [2.24, 2.45) is 0 Å². The van der Waals surface area contributed by atoms with Crippen LogP contribution in [0.3, 0.4) is 0 Å². The van der Waals surface area contributed by atoms with E-state index in [-0.39, 0.29) is 11.5 Å². The molecule has 0 spiro atoms. The van der Waals surface area contributed by atoms with Crippen molar-refractivity contribution in [1.82, 2.24) is 10.2 Å². The molecule has 6 heteroatoms. The van der Waals surface area contributed by atoms with Crippen LogP contribution in [0.5, 0.6) is 0 Å². The van der Waals surface area contributed by atoms with E-state index < -0.39 is 4.92 Å². The third kappa shape index (κ3) is 4.35. The number of rotatable bonds is 7. The average Bonchev–Trinajstić information content (AvgIpc) is 2.54. The highest BCUT2D eigenvalue weighted by Crippen LogP contribution is 2.16. The molecule has 0 aliphatic carbocycles. The van der Waals surface area contributed by atoms with Gasteiger partial charge < -0.3 is 5.32 Å². The minimum Gasteiger partial charge on any atom is -0.314 e. The SMILES string of the molecule is CCCC1CNCCN1CCC(=O)c1cccc([N+](=O)[O-])c1. The summed E-state index contributed by atoms with van der Waals surface area (Å²) in [6, 6.07) is 6.47. The molecule has 22 heavy (non-hydrogen) atoms. The van der Waals surface area contributed by atoms with Gasteiger partial charge in [-0.2, -0.15) is 0 Å². The Morgan fingerprint density at radius 3 is 3.05 bits per heavy atom. The number of nitro groups is 1. The van der Waals surface area contributed by atoms with Gasteiger partial charge in [0.2, 0.25) is 0 Å². The maximum atomic E-state index is 12.3. The molecule has 1 aromatic carbocycles. The Bertz CT molecular complexity index is 531. The first kappa shape index (κ1) is 16.6. The van der Waals surface area contributed by atoms with Crippen LogP contribution in [-0.4, -0.2) is 47.8 Å². The van der Waals surface area contributed by atoms with Gasteiger partial charge in [-0.05, 0) is 6.42 Å². The van der Waals surface area contributed by atoms with Crippen LogP contribution in [0.4, 0.5) is 5.69 Å². The second-order valence-corrected chi connectivity index (χ2v) is 5.66. The van der Waals surface area contributed by atoms with Gasteiger partial charge >= 0.3 is 0 Å². The molecule has 1 unspecified atom stereocenters. The fourth-order valence-corrected chi connectivity index (χ4v) is 2.90. The number of piperazine rings is 1. The van der Waals surface area contributed by atoms with Crippen molar-refractivity contribution < 1.29 is 9.72 Å². The molecular formula is C16H23N3O3. The lowest BCUT2D eigenvalue weighted by atomic mass is 10.0. The normalized spacial score (nSPS) is 19.0. The van der Waals surface area contributed by atoms with Crippen LogP contribution >= 0.6 is 0 Å². The number of nitrogens with one attached hydrogen (secondary N) is 1. The van der Waals surface area contributed by atoms with E-state index in [9.17, 15) is 14.9 Å². The molecule has 0 amide bonds. The first-order valence-corrected chi connectivity index (χ1v) is 7.84. The third-order valence-corrected chi connectivity index (χ3v) is 4.10. The Hall–Kier alpha value is -1.79. The molecular weight excluding hydrogens is 282 g/mol. The number of non-ortho nitro benzene ring substituents is 1. The maximum absolute atomic E-state index is 12.3. The van der Waals surface area contributed by atoms with Gasteiger partial charge in [0, 0.05) is 56.3 Å². The third-order valence-electron chi connectivity index (χ3n) is 4.10. The Morgan fingerprint density at radius 1 is 1.50 bits per heavy atom. The van der Waals surface area contributed by atoms with Gasteiger partial charge in [0.05, 0.1) is 4.92 Å². The molecule has 120 valence electrons. The van der Waals surface area contributed by atoms with E-state index in [0.717, 1.165) is 32.5 Å². The van der Waals surface area contributed by atoms with Crippen molar-refractivity contribution in [2.75, 3.05) is 26.2 Å². The number of nitro benzene ring substituents is 1. The number of carbonyl (C=O) groups excluding carboxylic acids is 1. The fourth-order valence-electron chi connectivity index (χ4n) is 2.90. The molecule has 1 N–H and O–H groups in total. The molecule has 1 heterocycles. The van der Waals surface area contributed by atoms with Gasteiger partial charge in [-0.3, -0.25) is 19.8 Å². The van der Waals surface area contributed by atoms with Gasteiger partial charge in [0.15, 0.2) is 5.78 Å². The van der Waals surface area contributed by atoms with Crippen molar-refractivity contribution in [3.63, 3.8) is 0 Å². The predicted octanol–water partition coefficient (Wildman–Crippen LogP) is 2.24. The maximum Gasteiger partial charge on any atom is 0.270 e. The summed E-state index contributed by atoms with van der Waals surface area (Å²) in [4.78, 5) is 24.9. The molecule has 1 saturated heterocycles. The van der Waals surface area contributed by atoms with E-state index in [1.54, 1.807) is 12.1 Å². The van der Waals surface area contributed by atoms with Crippen LogP contribution < -0.4 is 5.32 Å². The highest BCUT2D eigenvalue weighted by atomic mass is 16.6. The van der Waals surface area contributed by atoms with Crippen LogP contribution in [0.15, 0.2) is 24.3 Å². The molecule has 0 radical (unpaired) electrons. The van der Waals surface area contributed by atoms with Gasteiger partial charge in [-0.25, -0.2) is 0 Å². The number of nitrogens with zero attached hydrogens (tertiary/aromatic N) is 2. The van der Waals surface area contributed by atoms with Gasteiger partial charge in [0.25, 0.3) is 5.69 Å². The summed E-state index contributed by atoms with van der Waals surface area (Å²) in [5.41, 5.74) is 0.397. The molecule has 0 bridgehead atoms. The Kier molecular flexibility index (Phi) is 6.03. The van der Waals surface area contributed by atoms with Crippen LogP contribution in [0.2, 0.25) is 0 Å². The van der Waals surface area contributed by atoms with Crippen molar-refractivity contribution in [3.05, 3.63) is 39.9 Å². The standard InChI is InChI=1S/C16H23N3O3/c1-2-4-15-12-17-8-10-18(15)9-7-16(20)13-5-3-6-14(11-13)19(21)22/h3,5-6,11,15,17H,2,4,7-10,12H2,1H3. The summed E-state index contributed by atoms with van der Waals surface area (Å²) in [6.07, 6.45) is 2.65. The summed E-state index contributed by atoms with van der Waals surface area (Å²) in [5, 5.41) is 14.2. The van der Waals surface area contributed by atoms with Crippen molar-refractivity contribution in [2.45, 2.75) is 32.2 Å². The Morgan fingerprint density at radius 2 is 2.32 bits per heavy atom. The van der Waals surface area contributed by atoms with Gasteiger partial charge in [-0.15, -0.1) is 0 Å². The monoisotopic (exact) mass is 305 g/mol. The van der Waals surface area contributed by atoms with Crippen molar-refractivity contribution in [3.8, 4) is 0 Å². The fraction of sp³-hybridized carbons (Fsp3) is 0.562. The van der Waals surface area contributed by atoms with E-state index in [1.165, 1.54) is 12.1 Å². The Labute approximate surface area is 130 Å². The second-order valence-electron chi connectivity index (χ2n) is 5.66. The quantitative estimate of drug-likeness (QED) is 0.475. The van der Waals surface area contributed by atoms with Crippen LogP contribution in [0.25, 0.3) is 0 Å². The summed E-state index contributed by atoms with van der Waals surface area (Å²) in [6.45, 7) is 5.76. The minimum absolute atomic E-state index is 0.0301. The zero-order valence-electron chi connectivity index (χ0n) is 13.0. The molecule has 1 aromatic rings. The lowest BCUT2D eigenvalue weighted by Crippen LogP contribution is -2.51. The number of ketones is 1. The van der Waals surface area contributed by atoms with Crippen molar-refractivity contribution in [1.29, 1.82) is 0 Å². The van der Waals surface area contributed by atoms with Crippen LogP contribution in [0.1, 0.15) is 36.5 Å². The molecule has 6 nitrogen and oxygen atoms in total. The minimum atomic E-state index is -0.468. The lowest BCUT2D eigenvalue weighted by Gasteiger charge is -2.36. The molecule has 0 aromatic heterocycles. The zero-order chi connectivity index (χ0) is 15.9. The van der Waals surface area contributed by atoms with E-state index >= 15 is 0 Å². The largest absolute Gasteiger partial charge is 0.314 e. The number of benzene rings is 1. The van der Waals surface area contributed by atoms with Crippen LogP contribution in [0, 0.1) is 10.1 Å². The van der Waals surface area contributed by atoms with Gasteiger partial charge in [-0.1, -0.05) is 25.5 Å². The first-order chi connectivity index (χ1) is 10.6. The summed E-state index contributed by atoms with van der Waals surface area (Å²) in [5.74, 6) is -0.0301. The average molecular weight is 305 g/mol. The van der Waals surface area contributed by atoms with E-state index in [2.05, 4.69) is 17.1 Å². The Balaban J connectivity index is 1.94. The summed E-state index contributed by atoms with van der Waals surface area (Å²) in [7, 11) is 0. The second kappa shape index (κ2) is 8.00. The lowest BCUT2D eigenvalue weighted by molar-refractivity contribution is -0.384. The van der Waals surface area contributed by atoms with Crippen LogP contribution in [-0.2, 0) is 0 Å². The zero-order valence-corrected chi connectivity index (χ0v) is 13.0. The molecule has 1 atom stereocenters. The molecule has 1 fully saturated rings. The predicted molar refractivity (Wildman–Crippen MR) is 85.2 cm³/mol.